The number of nitrogen functional groups attached to an aromatic ring is 1. The Morgan fingerprint density at radius 1 is 1.43 bits per heavy atom. The second-order valence-corrected chi connectivity index (χ2v) is 6.34. The molecular formula is C15H24N4OS. The van der Waals surface area contributed by atoms with E-state index in [1.165, 1.54) is 11.3 Å². The van der Waals surface area contributed by atoms with Gasteiger partial charge in [0.2, 0.25) is 0 Å². The maximum absolute atomic E-state index is 12.1. The number of nitrogens with one attached hydrogen (secondary N) is 2. The van der Waals surface area contributed by atoms with Crippen molar-refractivity contribution in [2.75, 3.05) is 17.6 Å². The standard InChI is InChI=1S/C15H24N4OS/c1-5-7-18-14(20)13-12(17)10(8-16)15(21-13)19-11(6-2)9(3)4/h9,11,19H,5-7,17H2,1-4H3,(H,18,20). The van der Waals surface area contributed by atoms with E-state index in [4.69, 9.17) is 5.73 Å². The number of anilines is 2. The van der Waals surface area contributed by atoms with Crippen molar-refractivity contribution in [1.29, 1.82) is 5.26 Å². The highest BCUT2D eigenvalue weighted by Gasteiger charge is 2.22. The molecule has 1 unspecified atom stereocenters. The molecule has 1 rings (SSSR count). The Morgan fingerprint density at radius 2 is 2.10 bits per heavy atom. The molecule has 21 heavy (non-hydrogen) atoms. The van der Waals surface area contributed by atoms with Crippen molar-refractivity contribution in [3.8, 4) is 6.07 Å². The molecule has 1 atom stereocenters. The van der Waals surface area contributed by atoms with Crippen molar-refractivity contribution >= 4 is 27.9 Å². The van der Waals surface area contributed by atoms with Gasteiger partial charge in [0.1, 0.15) is 21.5 Å². The summed E-state index contributed by atoms with van der Waals surface area (Å²) in [6.45, 7) is 8.93. The maximum atomic E-state index is 12.1. The summed E-state index contributed by atoms with van der Waals surface area (Å²) in [6, 6.07) is 2.36. The number of hydrogen-bond acceptors (Lipinski definition) is 5. The molecular weight excluding hydrogens is 284 g/mol. The largest absolute Gasteiger partial charge is 0.396 e. The van der Waals surface area contributed by atoms with Gasteiger partial charge in [0, 0.05) is 12.6 Å². The van der Waals surface area contributed by atoms with Crippen LogP contribution in [-0.2, 0) is 0 Å². The van der Waals surface area contributed by atoms with Crippen LogP contribution in [0.25, 0.3) is 0 Å². The van der Waals surface area contributed by atoms with Crippen molar-refractivity contribution in [3.05, 3.63) is 10.4 Å². The first kappa shape index (κ1) is 17.3. The zero-order valence-electron chi connectivity index (χ0n) is 13.1. The van der Waals surface area contributed by atoms with Crippen LogP contribution in [0.4, 0.5) is 10.7 Å². The summed E-state index contributed by atoms with van der Waals surface area (Å²) in [5.74, 6) is 0.226. The van der Waals surface area contributed by atoms with Gasteiger partial charge >= 0.3 is 0 Å². The van der Waals surface area contributed by atoms with Gasteiger partial charge < -0.3 is 16.4 Å². The Kier molecular flexibility index (Phi) is 6.50. The number of nitrogens with zero attached hydrogens (tertiary/aromatic N) is 1. The lowest BCUT2D eigenvalue weighted by molar-refractivity contribution is 0.0958. The Hall–Kier alpha value is -1.74. The van der Waals surface area contributed by atoms with E-state index < -0.39 is 0 Å². The molecule has 1 heterocycles. The molecule has 4 N–H and O–H groups in total. The molecule has 1 amide bonds. The number of nitrogens with two attached hydrogens (primary N) is 1. The Morgan fingerprint density at radius 3 is 2.57 bits per heavy atom. The molecule has 0 aliphatic carbocycles. The highest BCUT2D eigenvalue weighted by Crippen LogP contribution is 2.36. The van der Waals surface area contributed by atoms with Crippen LogP contribution in [0.1, 0.15) is 55.8 Å². The van der Waals surface area contributed by atoms with Gasteiger partial charge in [0.05, 0.1) is 5.69 Å². The van der Waals surface area contributed by atoms with Crippen LogP contribution in [0.2, 0.25) is 0 Å². The molecule has 6 heteroatoms. The molecule has 1 aromatic rings. The fraction of sp³-hybridized carbons (Fsp3) is 0.600. The third-order valence-electron chi connectivity index (χ3n) is 3.36. The summed E-state index contributed by atoms with van der Waals surface area (Å²) in [7, 11) is 0. The first-order valence-corrected chi connectivity index (χ1v) is 8.14. The zero-order valence-corrected chi connectivity index (χ0v) is 13.9. The van der Waals surface area contributed by atoms with Gasteiger partial charge in [-0.3, -0.25) is 4.79 Å². The summed E-state index contributed by atoms with van der Waals surface area (Å²) in [5, 5.41) is 16.1. The number of thiophene rings is 1. The SMILES string of the molecule is CCCNC(=O)c1sc(NC(CC)C(C)C)c(C#N)c1N. The molecule has 0 fully saturated rings. The number of rotatable bonds is 7. The summed E-state index contributed by atoms with van der Waals surface area (Å²) < 4.78 is 0. The van der Waals surface area contributed by atoms with Crippen molar-refractivity contribution in [1.82, 2.24) is 5.32 Å². The van der Waals surface area contributed by atoms with Crippen LogP contribution in [0.15, 0.2) is 0 Å². The van der Waals surface area contributed by atoms with E-state index in [2.05, 4.69) is 37.5 Å². The van der Waals surface area contributed by atoms with E-state index in [0.29, 0.717) is 27.9 Å². The first-order chi connectivity index (χ1) is 9.96. The Balaban J connectivity index is 3.06. The number of amides is 1. The van der Waals surface area contributed by atoms with Crippen LogP contribution in [0, 0.1) is 17.2 Å². The fourth-order valence-corrected chi connectivity index (χ4v) is 3.10. The molecule has 0 saturated carbocycles. The summed E-state index contributed by atoms with van der Waals surface area (Å²) >= 11 is 1.26. The van der Waals surface area contributed by atoms with E-state index in [-0.39, 0.29) is 17.6 Å². The average Bonchev–Trinajstić information content (AvgIpc) is 2.77. The Bertz CT molecular complexity index is 531. The predicted molar refractivity (Wildman–Crippen MR) is 88.6 cm³/mol. The van der Waals surface area contributed by atoms with Crippen LogP contribution >= 0.6 is 11.3 Å². The highest BCUT2D eigenvalue weighted by molar-refractivity contribution is 7.19. The second kappa shape index (κ2) is 7.89. The van der Waals surface area contributed by atoms with Crippen molar-refractivity contribution in [2.24, 2.45) is 5.92 Å². The normalized spacial score (nSPS) is 12.0. The molecule has 5 nitrogen and oxygen atoms in total. The lowest BCUT2D eigenvalue weighted by Gasteiger charge is -2.21. The number of nitriles is 1. The molecule has 0 aliphatic heterocycles. The van der Waals surface area contributed by atoms with Crippen LogP contribution in [0.5, 0.6) is 0 Å². The molecule has 1 aromatic heterocycles. The predicted octanol–water partition coefficient (Wildman–Crippen LogP) is 3.19. The monoisotopic (exact) mass is 308 g/mol. The van der Waals surface area contributed by atoms with Gasteiger partial charge in [0.15, 0.2) is 0 Å². The first-order valence-electron chi connectivity index (χ1n) is 7.33. The Labute approximate surface area is 130 Å². The molecule has 0 saturated heterocycles. The molecule has 0 aromatic carbocycles. The summed E-state index contributed by atoms with van der Waals surface area (Å²) in [6.07, 6.45) is 1.80. The molecule has 0 spiro atoms. The van der Waals surface area contributed by atoms with Gasteiger partial charge in [-0.25, -0.2) is 0 Å². The minimum Gasteiger partial charge on any atom is -0.396 e. The number of hydrogen-bond donors (Lipinski definition) is 3. The molecule has 0 aliphatic rings. The lowest BCUT2D eigenvalue weighted by Crippen LogP contribution is -2.24. The van der Waals surface area contributed by atoms with Gasteiger partial charge in [0.25, 0.3) is 5.91 Å². The summed E-state index contributed by atoms with van der Waals surface area (Å²) in [5.41, 5.74) is 6.62. The quantitative estimate of drug-likeness (QED) is 0.721. The van der Waals surface area contributed by atoms with E-state index in [1.807, 2.05) is 6.92 Å². The zero-order chi connectivity index (χ0) is 16.0. The maximum Gasteiger partial charge on any atom is 0.263 e. The fourth-order valence-electron chi connectivity index (χ4n) is 2.05. The smallest absolute Gasteiger partial charge is 0.263 e. The highest BCUT2D eigenvalue weighted by atomic mass is 32.1. The number of carbonyl (C=O) groups excluding carboxylic acids is 1. The van der Waals surface area contributed by atoms with E-state index >= 15 is 0 Å². The molecule has 0 radical (unpaired) electrons. The number of carbonyl (C=O) groups is 1. The lowest BCUT2D eigenvalue weighted by atomic mass is 10.0. The van der Waals surface area contributed by atoms with Crippen molar-refractivity contribution < 1.29 is 4.79 Å². The minimum absolute atomic E-state index is 0.207. The second-order valence-electron chi connectivity index (χ2n) is 5.32. The van der Waals surface area contributed by atoms with E-state index in [0.717, 1.165) is 12.8 Å². The molecule has 116 valence electrons. The minimum atomic E-state index is -0.207. The van der Waals surface area contributed by atoms with Gasteiger partial charge in [-0.05, 0) is 18.8 Å². The topological polar surface area (TPSA) is 90.9 Å². The third kappa shape index (κ3) is 4.11. The molecule has 0 bridgehead atoms. The third-order valence-corrected chi connectivity index (χ3v) is 4.50. The average molecular weight is 308 g/mol. The van der Waals surface area contributed by atoms with E-state index in [9.17, 15) is 10.1 Å². The van der Waals surface area contributed by atoms with Gasteiger partial charge in [-0.1, -0.05) is 27.7 Å². The van der Waals surface area contributed by atoms with Crippen LogP contribution in [0.3, 0.4) is 0 Å². The van der Waals surface area contributed by atoms with Gasteiger partial charge in [-0.2, -0.15) is 5.26 Å². The summed E-state index contributed by atoms with van der Waals surface area (Å²) in [4.78, 5) is 12.5. The van der Waals surface area contributed by atoms with Crippen molar-refractivity contribution in [3.63, 3.8) is 0 Å². The van der Waals surface area contributed by atoms with Crippen LogP contribution < -0.4 is 16.4 Å². The van der Waals surface area contributed by atoms with Crippen molar-refractivity contribution in [2.45, 2.75) is 46.6 Å². The van der Waals surface area contributed by atoms with E-state index in [1.54, 1.807) is 0 Å². The van der Waals surface area contributed by atoms with Gasteiger partial charge in [-0.15, -0.1) is 11.3 Å². The van der Waals surface area contributed by atoms with Crippen LogP contribution in [-0.4, -0.2) is 18.5 Å².